The SMILES string of the molecule is C=CCc1[c]nccc1Cc1ccccc1. The number of hydrogen-bond donors (Lipinski definition) is 0. The molecule has 0 fully saturated rings. The molecule has 0 bridgehead atoms. The first-order valence-corrected chi connectivity index (χ1v) is 5.39. The van der Waals surface area contributed by atoms with Crippen LogP contribution in [0, 0.1) is 6.20 Å². The highest BCUT2D eigenvalue weighted by Gasteiger charge is 2.02. The van der Waals surface area contributed by atoms with E-state index in [0.29, 0.717) is 0 Å². The summed E-state index contributed by atoms with van der Waals surface area (Å²) in [6.45, 7) is 3.76. The van der Waals surface area contributed by atoms with Crippen molar-refractivity contribution in [3.8, 4) is 0 Å². The highest BCUT2D eigenvalue weighted by Crippen LogP contribution is 2.13. The first-order valence-electron chi connectivity index (χ1n) is 5.39. The van der Waals surface area contributed by atoms with Crippen LogP contribution in [0.2, 0.25) is 0 Å². The second-order valence-corrected chi connectivity index (χ2v) is 3.72. The van der Waals surface area contributed by atoms with Crippen molar-refractivity contribution >= 4 is 0 Å². The first-order chi connectivity index (χ1) is 7.90. The van der Waals surface area contributed by atoms with Crippen LogP contribution in [0.4, 0.5) is 0 Å². The number of benzene rings is 1. The molecule has 0 spiro atoms. The van der Waals surface area contributed by atoms with Crippen LogP contribution in [0.3, 0.4) is 0 Å². The summed E-state index contributed by atoms with van der Waals surface area (Å²) >= 11 is 0. The van der Waals surface area contributed by atoms with Crippen molar-refractivity contribution in [1.82, 2.24) is 4.98 Å². The maximum absolute atomic E-state index is 4.03. The number of allylic oxidation sites excluding steroid dienone is 1. The predicted octanol–water partition coefficient (Wildman–Crippen LogP) is 3.20. The fraction of sp³-hybridized carbons (Fsp3) is 0.133. The zero-order chi connectivity index (χ0) is 11.2. The number of rotatable bonds is 4. The lowest BCUT2D eigenvalue weighted by Crippen LogP contribution is -1.95. The van der Waals surface area contributed by atoms with Crippen LogP contribution in [-0.4, -0.2) is 4.98 Å². The third kappa shape index (κ3) is 2.57. The van der Waals surface area contributed by atoms with Gasteiger partial charge in [0.2, 0.25) is 0 Å². The number of pyridine rings is 1. The first kappa shape index (κ1) is 10.6. The minimum atomic E-state index is 0.829. The van der Waals surface area contributed by atoms with Crippen LogP contribution in [0.15, 0.2) is 55.3 Å². The highest BCUT2D eigenvalue weighted by molar-refractivity contribution is 5.31. The molecule has 0 atom stereocenters. The second-order valence-electron chi connectivity index (χ2n) is 3.72. The lowest BCUT2D eigenvalue weighted by molar-refractivity contribution is 1.07. The van der Waals surface area contributed by atoms with Crippen molar-refractivity contribution in [2.24, 2.45) is 0 Å². The monoisotopic (exact) mass is 208 g/mol. The van der Waals surface area contributed by atoms with Crippen LogP contribution < -0.4 is 0 Å². The molecule has 79 valence electrons. The smallest absolute Gasteiger partial charge is 0.0927 e. The van der Waals surface area contributed by atoms with Gasteiger partial charge in [-0.1, -0.05) is 36.4 Å². The topological polar surface area (TPSA) is 12.9 Å². The quantitative estimate of drug-likeness (QED) is 0.703. The second kappa shape index (κ2) is 5.26. The Kier molecular flexibility index (Phi) is 3.50. The van der Waals surface area contributed by atoms with Crippen molar-refractivity contribution in [3.05, 3.63) is 78.1 Å². The van der Waals surface area contributed by atoms with Crippen molar-refractivity contribution in [2.45, 2.75) is 12.8 Å². The Morgan fingerprint density at radius 3 is 2.75 bits per heavy atom. The average molecular weight is 208 g/mol. The number of nitrogens with zero attached hydrogens (tertiary/aromatic N) is 1. The summed E-state index contributed by atoms with van der Waals surface area (Å²) < 4.78 is 0. The van der Waals surface area contributed by atoms with E-state index in [2.05, 4.69) is 48.1 Å². The van der Waals surface area contributed by atoms with E-state index in [1.54, 1.807) is 6.20 Å². The summed E-state index contributed by atoms with van der Waals surface area (Å²) in [6.07, 6.45) is 8.49. The van der Waals surface area contributed by atoms with Gasteiger partial charge in [-0.25, -0.2) is 0 Å². The average Bonchev–Trinajstić information content (AvgIpc) is 2.33. The summed E-state index contributed by atoms with van der Waals surface area (Å²) in [4.78, 5) is 4.03. The molecular weight excluding hydrogens is 194 g/mol. The largest absolute Gasteiger partial charge is 0.254 e. The predicted molar refractivity (Wildman–Crippen MR) is 66.2 cm³/mol. The molecule has 0 aliphatic heterocycles. The Labute approximate surface area is 96.5 Å². The van der Waals surface area contributed by atoms with Crippen molar-refractivity contribution < 1.29 is 0 Å². The molecule has 0 unspecified atom stereocenters. The molecule has 2 rings (SSSR count). The van der Waals surface area contributed by atoms with Crippen LogP contribution in [0.5, 0.6) is 0 Å². The molecular formula is C15H14N. The van der Waals surface area contributed by atoms with E-state index in [9.17, 15) is 0 Å². The van der Waals surface area contributed by atoms with E-state index >= 15 is 0 Å². The summed E-state index contributed by atoms with van der Waals surface area (Å²) in [7, 11) is 0. The summed E-state index contributed by atoms with van der Waals surface area (Å²) in [5, 5.41) is 0. The van der Waals surface area contributed by atoms with Gasteiger partial charge in [0.15, 0.2) is 0 Å². The van der Waals surface area contributed by atoms with Gasteiger partial charge in [0, 0.05) is 6.20 Å². The minimum Gasteiger partial charge on any atom is -0.254 e. The van der Waals surface area contributed by atoms with Gasteiger partial charge in [-0.2, -0.15) is 0 Å². The Morgan fingerprint density at radius 1 is 1.19 bits per heavy atom. The number of aromatic nitrogens is 1. The molecule has 0 aliphatic rings. The van der Waals surface area contributed by atoms with Crippen LogP contribution in [-0.2, 0) is 12.8 Å². The van der Waals surface area contributed by atoms with E-state index in [4.69, 9.17) is 0 Å². The van der Waals surface area contributed by atoms with Gasteiger partial charge in [0.05, 0.1) is 6.20 Å². The van der Waals surface area contributed by atoms with Gasteiger partial charge in [-0.3, -0.25) is 4.98 Å². The van der Waals surface area contributed by atoms with E-state index in [1.165, 1.54) is 11.1 Å². The number of hydrogen-bond acceptors (Lipinski definition) is 1. The third-order valence-corrected chi connectivity index (χ3v) is 2.52. The van der Waals surface area contributed by atoms with Gasteiger partial charge >= 0.3 is 0 Å². The molecule has 1 aromatic carbocycles. The van der Waals surface area contributed by atoms with E-state index in [-0.39, 0.29) is 0 Å². The van der Waals surface area contributed by atoms with Crippen LogP contribution >= 0.6 is 0 Å². The molecule has 0 amide bonds. The maximum Gasteiger partial charge on any atom is 0.0927 e. The molecule has 0 N–H and O–H groups in total. The zero-order valence-corrected chi connectivity index (χ0v) is 9.19. The molecule has 0 saturated carbocycles. The van der Waals surface area contributed by atoms with E-state index in [1.807, 2.05) is 12.1 Å². The zero-order valence-electron chi connectivity index (χ0n) is 9.19. The molecule has 1 heteroatoms. The van der Waals surface area contributed by atoms with Gasteiger partial charge in [-0.05, 0) is 35.6 Å². The Hall–Kier alpha value is -1.89. The standard InChI is InChI=1S/C15H14N/c1-2-6-15-12-16-10-9-14(15)11-13-7-4-3-5-8-13/h2-5,7-10H,1,6,11H2. The fourth-order valence-corrected chi connectivity index (χ4v) is 1.72. The molecule has 1 aromatic heterocycles. The molecule has 0 saturated heterocycles. The third-order valence-electron chi connectivity index (χ3n) is 2.52. The molecule has 1 heterocycles. The summed E-state index contributed by atoms with van der Waals surface area (Å²) in [6, 6.07) is 12.5. The van der Waals surface area contributed by atoms with Crippen LogP contribution in [0.1, 0.15) is 16.7 Å². The van der Waals surface area contributed by atoms with E-state index in [0.717, 1.165) is 18.4 Å². The Bertz CT molecular complexity index is 460. The van der Waals surface area contributed by atoms with Gasteiger partial charge in [0.25, 0.3) is 0 Å². The molecule has 0 aliphatic carbocycles. The van der Waals surface area contributed by atoms with Gasteiger partial charge in [-0.15, -0.1) is 6.58 Å². The van der Waals surface area contributed by atoms with Crippen molar-refractivity contribution in [2.75, 3.05) is 0 Å². The molecule has 1 nitrogen and oxygen atoms in total. The Balaban J connectivity index is 2.24. The molecule has 16 heavy (non-hydrogen) atoms. The summed E-state index contributed by atoms with van der Waals surface area (Å²) in [5.41, 5.74) is 3.73. The molecule has 2 aromatic rings. The van der Waals surface area contributed by atoms with E-state index < -0.39 is 0 Å². The normalized spacial score (nSPS) is 10.0. The minimum absolute atomic E-state index is 0.829. The lowest BCUT2D eigenvalue weighted by atomic mass is 10.00. The van der Waals surface area contributed by atoms with Crippen molar-refractivity contribution in [1.29, 1.82) is 0 Å². The fourth-order valence-electron chi connectivity index (χ4n) is 1.72. The Morgan fingerprint density at radius 2 is 2.00 bits per heavy atom. The van der Waals surface area contributed by atoms with Crippen LogP contribution in [0.25, 0.3) is 0 Å². The highest BCUT2D eigenvalue weighted by atomic mass is 14.6. The van der Waals surface area contributed by atoms with Gasteiger partial charge < -0.3 is 0 Å². The maximum atomic E-state index is 4.03. The van der Waals surface area contributed by atoms with Crippen molar-refractivity contribution in [3.63, 3.8) is 0 Å². The lowest BCUT2D eigenvalue weighted by Gasteiger charge is -2.06. The van der Waals surface area contributed by atoms with Gasteiger partial charge in [0.1, 0.15) is 0 Å². The molecule has 1 radical (unpaired) electrons. The summed E-state index contributed by atoms with van der Waals surface area (Å²) in [5.74, 6) is 0.